The van der Waals surface area contributed by atoms with Gasteiger partial charge in [0.25, 0.3) is 0 Å². The number of ether oxygens (including phenoxy) is 2. The summed E-state index contributed by atoms with van der Waals surface area (Å²) in [6.45, 7) is 5.11. The summed E-state index contributed by atoms with van der Waals surface area (Å²) in [6, 6.07) is 7.50. The maximum atomic E-state index is 12.9. The fourth-order valence-corrected chi connectivity index (χ4v) is 10.4. The fraction of sp³-hybridized carbons (Fsp3) is 0.719. The highest BCUT2D eigenvalue weighted by molar-refractivity contribution is 8.14. The molecule has 210 valence electrons. The SMILES string of the molecule is COC[C@](O)(/C=C/C(=O)Sc1ccccc1OC)[C@H]1CC[C@H]2[C@@H]3CC[C@@H]4C[C@@H](O)CC[C@]4(C)[C@H]3CC[C@@]21C. The molecule has 6 heteroatoms. The zero-order chi connectivity index (χ0) is 27.1. The zero-order valence-corrected chi connectivity index (χ0v) is 24.3. The van der Waals surface area contributed by atoms with Crippen molar-refractivity contribution in [2.75, 3.05) is 20.8 Å². The molecule has 4 fully saturated rings. The van der Waals surface area contributed by atoms with Gasteiger partial charge in [0.15, 0.2) is 0 Å². The minimum absolute atomic E-state index is 0.0228. The van der Waals surface area contributed by atoms with E-state index in [2.05, 4.69) is 13.8 Å². The number of aliphatic hydroxyl groups excluding tert-OH is 1. The molecule has 0 radical (unpaired) electrons. The summed E-state index contributed by atoms with van der Waals surface area (Å²) in [4.78, 5) is 13.7. The van der Waals surface area contributed by atoms with Crippen LogP contribution in [0, 0.1) is 40.4 Å². The first-order chi connectivity index (χ1) is 18.1. The van der Waals surface area contributed by atoms with Crippen molar-refractivity contribution in [2.24, 2.45) is 40.4 Å². The molecule has 1 aromatic carbocycles. The quantitative estimate of drug-likeness (QED) is 0.313. The van der Waals surface area contributed by atoms with E-state index in [0.717, 1.165) is 61.1 Å². The van der Waals surface area contributed by atoms with E-state index < -0.39 is 5.60 Å². The Hall–Kier alpha value is -1.34. The predicted molar refractivity (Wildman–Crippen MR) is 151 cm³/mol. The van der Waals surface area contributed by atoms with E-state index >= 15 is 0 Å². The first-order valence-electron chi connectivity index (χ1n) is 14.6. The monoisotopic (exact) mass is 542 g/mol. The molecule has 1 aromatic rings. The average Bonchev–Trinajstić information content (AvgIpc) is 3.26. The van der Waals surface area contributed by atoms with Crippen LogP contribution in [0.15, 0.2) is 41.3 Å². The summed E-state index contributed by atoms with van der Waals surface area (Å²) in [5.74, 6) is 3.37. The molecule has 0 aliphatic heterocycles. The van der Waals surface area contributed by atoms with Gasteiger partial charge in [0.1, 0.15) is 11.4 Å². The van der Waals surface area contributed by atoms with Crippen LogP contribution < -0.4 is 4.74 Å². The van der Waals surface area contributed by atoms with Gasteiger partial charge in [0.05, 0.1) is 24.7 Å². The van der Waals surface area contributed by atoms with Crippen LogP contribution in [-0.2, 0) is 9.53 Å². The van der Waals surface area contributed by atoms with Gasteiger partial charge in [-0.2, -0.15) is 0 Å². The number of rotatable bonds is 7. The Bertz CT molecular complexity index is 1040. The Morgan fingerprint density at radius 1 is 1.05 bits per heavy atom. The van der Waals surface area contributed by atoms with Crippen LogP contribution in [0.2, 0.25) is 0 Å². The third-order valence-electron chi connectivity index (χ3n) is 11.4. The Morgan fingerprint density at radius 2 is 1.79 bits per heavy atom. The van der Waals surface area contributed by atoms with Crippen LogP contribution >= 0.6 is 11.8 Å². The minimum Gasteiger partial charge on any atom is -0.496 e. The Labute approximate surface area is 232 Å². The van der Waals surface area contributed by atoms with Crippen molar-refractivity contribution in [3.63, 3.8) is 0 Å². The lowest BCUT2D eigenvalue weighted by Gasteiger charge is -2.61. The zero-order valence-electron chi connectivity index (χ0n) is 23.5. The third kappa shape index (κ3) is 4.88. The average molecular weight is 543 g/mol. The van der Waals surface area contributed by atoms with E-state index in [1.54, 1.807) is 20.3 Å². The number of thioether (sulfide) groups is 1. The second-order valence-electron chi connectivity index (χ2n) is 13.1. The second kappa shape index (κ2) is 10.9. The minimum atomic E-state index is -1.18. The lowest BCUT2D eigenvalue weighted by atomic mass is 9.44. The number of methoxy groups -OCH3 is 2. The van der Waals surface area contributed by atoms with Crippen molar-refractivity contribution < 1.29 is 24.5 Å². The van der Waals surface area contributed by atoms with Crippen LogP contribution in [0.3, 0.4) is 0 Å². The summed E-state index contributed by atoms with van der Waals surface area (Å²) < 4.78 is 11.0. The molecule has 4 saturated carbocycles. The molecule has 5 nitrogen and oxygen atoms in total. The molecular weight excluding hydrogens is 496 g/mol. The fourth-order valence-electron chi connectivity index (χ4n) is 9.61. The molecular formula is C32H46O5S. The van der Waals surface area contributed by atoms with Gasteiger partial charge in [-0.05, 0) is 134 Å². The van der Waals surface area contributed by atoms with Crippen molar-refractivity contribution in [3.8, 4) is 5.75 Å². The van der Waals surface area contributed by atoms with Crippen molar-refractivity contribution in [1.29, 1.82) is 0 Å². The molecule has 0 aromatic heterocycles. The van der Waals surface area contributed by atoms with Crippen molar-refractivity contribution in [3.05, 3.63) is 36.4 Å². The van der Waals surface area contributed by atoms with Crippen LogP contribution in [-0.4, -0.2) is 47.9 Å². The van der Waals surface area contributed by atoms with Gasteiger partial charge in [0.2, 0.25) is 5.12 Å². The summed E-state index contributed by atoms with van der Waals surface area (Å²) in [7, 11) is 3.24. The maximum Gasteiger partial charge on any atom is 0.216 e. The second-order valence-corrected chi connectivity index (χ2v) is 14.1. The number of carbonyl (C=O) groups excluding carboxylic acids is 1. The molecule has 4 aliphatic rings. The van der Waals surface area contributed by atoms with Crippen LogP contribution in [0.5, 0.6) is 5.75 Å². The largest absolute Gasteiger partial charge is 0.496 e. The molecule has 9 atom stereocenters. The van der Waals surface area contributed by atoms with Crippen LogP contribution in [0.25, 0.3) is 0 Å². The van der Waals surface area contributed by atoms with Crippen molar-refractivity contribution in [1.82, 2.24) is 0 Å². The van der Waals surface area contributed by atoms with Gasteiger partial charge in [-0.1, -0.05) is 26.0 Å². The van der Waals surface area contributed by atoms with Gasteiger partial charge < -0.3 is 19.7 Å². The Morgan fingerprint density at radius 3 is 2.55 bits per heavy atom. The number of benzene rings is 1. The first-order valence-corrected chi connectivity index (χ1v) is 15.4. The number of aliphatic hydroxyl groups is 2. The molecule has 2 N–H and O–H groups in total. The van der Waals surface area contributed by atoms with Crippen molar-refractivity contribution in [2.45, 2.75) is 88.2 Å². The molecule has 0 unspecified atom stereocenters. The topological polar surface area (TPSA) is 76.0 Å². The predicted octanol–water partition coefficient (Wildman–Crippen LogP) is 6.27. The molecule has 0 spiro atoms. The molecule has 38 heavy (non-hydrogen) atoms. The van der Waals surface area contributed by atoms with Gasteiger partial charge in [-0.15, -0.1) is 0 Å². The van der Waals surface area contributed by atoms with Gasteiger partial charge in [-0.25, -0.2) is 0 Å². The molecule has 4 aliphatic carbocycles. The van der Waals surface area contributed by atoms with Crippen molar-refractivity contribution >= 4 is 16.9 Å². The first kappa shape index (κ1) is 28.2. The Kier molecular flexibility index (Phi) is 8.10. The summed E-state index contributed by atoms with van der Waals surface area (Å²) in [5, 5.41) is 22.3. The van der Waals surface area contributed by atoms with E-state index in [-0.39, 0.29) is 29.2 Å². The molecule has 0 saturated heterocycles. The highest BCUT2D eigenvalue weighted by Crippen LogP contribution is 2.68. The molecule has 5 rings (SSSR count). The van der Waals surface area contributed by atoms with E-state index in [4.69, 9.17) is 9.47 Å². The number of carbonyl (C=O) groups is 1. The number of hydrogen-bond acceptors (Lipinski definition) is 6. The lowest BCUT2D eigenvalue weighted by Crippen LogP contribution is -2.56. The summed E-state index contributed by atoms with van der Waals surface area (Å²) >= 11 is 1.12. The number of hydrogen-bond donors (Lipinski definition) is 2. The Balaban J connectivity index is 1.34. The molecule has 0 amide bonds. The van der Waals surface area contributed by atoms with Gasteiger partial charge in [-0.3, -0.25) is 4.79 Å². The maximum absolute atomic E-state index is 12.9. The molecule has 0 heterocycles. The lowest BCUT2D eigenvalue weighted by molar-refractivity contribution is -0.145. The van der Waals surface area contributed by atoms with E-state index in [1.165, 1.54) is 25.3 Å². The normalized spacial score (nSPS) is 40.2. The van der Waals surface area contributed by atoms with Gasteiger partial charge >= 0.3 is 0 Å². The van der Waals surface area contributed by atoms with Crippen LogP contribution in [0.1, 0.15) is 71.6 Å². The summed E-state index contributed by atoms with van der Waals surface area (Å²) in [6.07, 6.45) is 13.1. The van der Waals surface area contributed by atoms with Crippen LogP contribution in [0.4, 0.5) is 0 Å². The smallest absolute Gasteiger partial charge is 0.216 e. The van der Waals surface area contributed by atoms with E-state index in [0.29, 0.717) is 28.9 Å². The number of para-hydroxylation sites is 1. The van der Waals surface area contributed by atoms with E-state index in [1.807, 2.05) is 24.3 Å². The highest BCUT2D eigenvalue weighted by Gasteiger charge is 2.62. The van der Waals surface area contributed by atoms with E-state index in [9.17, 15) is 15.0 Å². The molecule has 0 bridgehead atoms. The third-order valence-corrected chi connectivity index (χ3v) is 12.3. The van der Waals surface area contributed by atoms with Gasteiger partial charge in [0, 0.05) is 7.11 Å². The summed E-state index contributed by atoms with van der Waals surface area (Å²) in [5.41, 5.74) is -0.820. The standard InChI is InChI=1S/C32H46O5S/c1-30-16-13-22(33)19-21(30)9-10-23-24-11-12-28(31(24,2)17-14-25(23)30)32(35,20-36-3)18-15-29(34)38-27-8-6-5-7-26(27)37-4/h5-8,15,18,21-25,28,33,35H,9-14,16-17,19-20H2,1-4H3/b18-15+/t21-,22+,23+,24+,25+,28+,30+,31+,32-/m1/s1. The number of fused-ring (bicyclic) bond motifs is 5. The highest BCUT2D eigenvalue weighted by atomic mass is 32.2.